The van der Waals surface area contributed by atoms with E-state index >= 15 is 0 Å². The molecule has 4 rings (SSSR count). The molecule has 0 radical (unpaired) electrons. The molecule has 1 aromatic carbocycles. The zero-order valence-corrected chi connectivity index (χ0v) is 13.8. The number of H-pyrrole nitrogens is 1. The Labute approximate surface area is 141 Å². The van der Waals surface area contributed by atoms with Crippen LogP contribution in [0.4, 0.5) is 0 Å². The molecule has 3 heterocycles. The van der Waals surface area contributed by atoms with Gasteiger partial charge in [-0.2, -0.15) is 0 Å². The summed E-state index contributed by atoms with van der Waals surface area (Å²) in [6.07, 6.45) is 3.94. The zero-order valence-electron chi connectivity index (χ0n) is 13.8. The second kappa shape index (κ2) is 6.67. The predicted molar refractivity (Wildman–Crippen MR) is 93.2 cm³/mol. The minimum atomic E-state index is -0.0238. The summed E-state index contributed by atoms with van der Waals surface area (Å²) < 4.78 is 11.6. The van der Waals surface area contributed by atoms with E-state index in [2.05, 4.69) is 10.3 Å². The molecule has 2 aromatic rings. The van der Waals surface area contributed by atoms with Gasteiger partial charge in [-0.3, -0.25) is 4.79 Å². The largest absolute Gasteiger partial charge is 0.381 e. The van der Waals surface area contributed by atoms with Crippen LogP contribution < -0.4 is 10.9 Å². The standard InChI is InChI=1S/C19H24N2O3/c22-18-15(11-14-3-1-2-4-17(14)21-18)13-20-16-5-8-24-19(12-16)6-9-23-10-7-19/h1-4,11,16,20H,5-10,12-13H2,(H,21,22). The fourth-order valence-electron chi connectivity index (χ4n) is 3.87. The average Bonchev–Trinajstić information content (AvgIpc) is 2.61. The van der Waals surface area contributed by atoms with Gasteiger partial charge in [-0.1, -0.05) is 18.2 Å². The number of ether oxygens (including phenoxy) is 2. The first-order chi connectivity index (χ1) is 11.7. The SMILES string of the molecule is O=c1[nH]c2ccccc2cc1CNC1CCOC2(CCOCC2)C1. The van der Waals surface area contributed by atoms with Crippen LogP contribution in [0.25, 0.3) is 10.9 Å². The van der Waals surface area contributed by atoms with Crippen molar-refractivity contribution in [2.75, 3.05) is 19.8 Å². The summed E-state index contributed by atoms with van der Waals surface area (Å²) in [4.78, 5) is 15.2. The monoisotopic (exact) mass is 328 g/mol. The van der Waals surface area contributed by atoms with Gasteiger partial charge in [0.15, 0.2) is 0 Å². The Balaban J connectivity index is 1.44. The number of aromatic amines is 1. The fraction of sp³-hybridized carbons (Fsp3) is 0.526. The van der Waals surface area contributed by atoms with E-state index in [0.717, 1.165) is 62.0 Å². The molecular formula is C19H24N2O3. The third kappa shape index (κ3) is 3.24. The molecule has 128 valence electrons. The van der Waals surface area contributed by atoms with Gasteiger partial charge in [-0.25, -0.2) is 0 Å². The highest BCUT2D eigenvalue weighted by Gasteiger charge is 2.38. The summed E-state index contributed by atoms with van der Waals surface area (Å²) in [6.45, 7) is 2.96. The first-order valence-electron chi connectivity index (χ1n) is 8.80. The topological polar surface area (TPSA) is 63.4 Å². The molecule has 2 N–H and O–H groups in total. The molecule has 5 heteroatoms. The van der Waals surface area contributed by atoms with Gasteiger partial charge in [0.25, 0.3) is 5.56 Å². The van der Waals surface area contributed by atoms with Crippen molar-refractivity contribution in [3.8, 4) is 0 Å². The Hall–Kier alpha value is -1.69. The number of pyridine rings is 1. The van der Waals surface area contributed by atoms with Crippen molar-refractivity contribution in [2.45, 2.75) is 43.9 Å². The lowest BCUT2D eigenvalue weighted by Gasteiger charge is -2.43. The van der Waals surface area contributed by atoms with Gasteiger partial charge < -0.3 is 19.8 Å². The number of rotatable bonds is 3. The number of nitrogens with one attached hydrogen (secondary N) is 2. The van der Waals surface area contributed by atoms with Crippen LogP contribution in [0.5, 0.6) is 0 Å². The maximum absolute atomic E-state index is 12.3. The van der Waals surface area contributed by atoms with Gasteiger partial charge in [-0.05, 0) is 43.2 Å². The number of hydrogen-bond acceptors (Lipinski definition) is 4. The van der Waals surface area contributed by atoms with Crippen LogP contribution >= 0.6 is 0 Å². The molecule has 1 aromatic heterocycles. The van der Waals surface area contributed by atoms with E-state index in [1.54, 1.807) is 0 Å². The summed E-state index contributed by atoms with van der Waals surface area (Å²) in [5, 5.41) is 4.65. The maximum Gasteiger partial charge on any atom is 0.252 e. The number of para-hydroxylation sites is 1. The Morgan fingerprint density at radius 2 is 2.04 bits per heavy atom. The van der Waals surface area contributed by atoms with Crippen LogP contribution in [0, 0.1) is 0 Å². The highest BCUT2D eigenvalue weighted by molar-refractivity contribution is 5.78. The molecule has 1 unspecified atom stereocenters. The van der Waals surface area contributed by atoms with E-state index in [4.69, 9.17) is 9.47 Å². The van der Waals surface area contributed by atoms with Crippen molar-refractivity contribution in [1.29, 1.82) is 0 Å². The number of hydrogen-bond donors (Lipinski definition) is 2. The maximum atomic E-state index is 12.3. The Morgan fingerprint density at radius 3 is 2.92 bits per heavy atom. The van der Waals surface area contributed by atoms with Crippen molar-refractivity contribution in [2.24, 2.45) is 0 Å². The molecule has 5 nitrogen and oxygen atoms in total. The average molecular weight is 328 g/mol. The second-order valence-electron chi connectivity index (χ2n) is 6.93. The van der Waals surface area contributed by atoms with E-state index in [9.17, 15) is 4.79 Å². The summed E-state index contributed by atoms with van der Waals surface area (Å²) in [6, 6.07) is 10.3. The molecule has 2 fully saturated rings. The molecule has 2 aliphatic rings. The molecule has 0 amide bonds. The Morgan fingerprint density at radius 1 is 1.21 bits per heavy atom. The molecule has 1 spiro atoms. The Kier molecular flexibility index (Phi) is 4.39. The van der Waals surface area contributed by atoms with Gasteiger partial charge in [0.1, 0.15) is 0 Å². The first kappa shape index (κ1) is 15.8. The zero-order chi connectivity index (χ0) is 16.4. The van der Waals surface area contributed by atoms with Crippen LogP contribution in [0.1, 0.15) is 31.2 Å². The minimum absolute atomic E-state index is 0.00552. The van der Waals surface area contributed by atoms with Crippen LogP contribution in [0.2, 0.25) is 0 Å². The van der Waals surface area contributed by atoms with Gasteiger partial charge in [-0.15, -0.1) is 0 Å². The van der Waals surface area contributed by atoms with Crippen molar-refractivity contribution in [3.63, 3.8) is 0 Å². The molecule has 0 bridgehead atoms. The van der Waals surface area contributed by atoms with Gasteiger partial charge >= 0.3 is 0 Å². The molecule has 0 aliphatic carbocycles. The first-order valence-corrected chi connectivity index (χ1v) is 8.80. The number of fused-ring (bicyclic) bond motifs is 1. The van der Waals surface area contributed by atoms with Crippen LogP contribution in [0.3, 0.4) is 0 Å². The number of benzene rings is 1. The molecule has 0 saturated carbocycles. The van der Waals surface area contributed by atoms with Crippen molar-refractivity contribution in [3.05, 3.63) is 46.2 Å². The third-order valence-corrected chi connectivity index (χ3v) is 5.31. The van der Waals surface area contributed by atoms with Gasteiger partial charge in [0.05, 0.1) is 5.60 Å². The van der Waals surface area contributed by atoms with Crippen LogP contribution in [0.15, 0.2) is 35.1 Å². The predicted octanol–water partition coefficient (Wildman–Crippen LogP) is 2.35. The van der Waals surface area contributed by atoms with Crippen LogP contribution in [-0.4, -0.2) is 36.4 Å². The lowest BCUT2D eigenvalue weighted by Crippen LogP contribution is -2.49. The highest BCUT2D eigenvalue weighted by Crippen LogP contribution is 2.34. The van der Waals surface area contributed by atoms with Gasteiger partial charge in [0.2, 0.25) is 0 Å². The van der Waals surface area contributed by atoms with Crippen molar-refractivity contribution in [1.82, 2.24) is 10.3 Å². The number of aromatic nitrogens is 1. The molecule has 2 aliphatic heterocycles. The smallest absolute Gasteiger partial charge is 0.252 e. The van der Waals surface area contributed by atoms with E-state index in [-0.39, 0.29) is 11.2 Å². The second-order valence-corrected chi connectivity index (χ2v) is 6.93. The molecule has 24 heavy (non-hydrogen) atoms. The van der Waals surface area contributed by atoms with Crippen molar-refractivity contribution < 1.29 is 9.47 Å². The minimum Gasteiger partial charge on any atom is -0.381 e. The summed E-state index contributed by atoms with van der Waals surface area (Å²) in [7, 11) is 0. The van der Waals surface area contributed by atoms with Gasteiger partial charge in [0, 0.05) is 43.5 Å². The normalized spacial score (nSPS) is 23.6. The van der Waals surface area contributed by atoms with E-state index < -0.39 is 0 Å². The van der Waals surface area contributed by atoms with Crippen molar-refractivity contribution >= 4 is 10.9 Å². The van der Waals surface area contributed by atoms with E-state index in [1.807, 2.05) is 30.3 Å². The molecule has 2 saturated heterocycles. The van der Waals surface area contributed by atoms with E-state index in [0.29, 0.717) is 12.6 Å². The Bertz CT molecular complexity index is 759. The molecule has 1 atom stereocenters. The molecular weight excluding hydrogens is 304 g/mol. The lowest BCUT2D eigenvalue weighted by atomic mass is 9.84. The van der Waals surface area contributed by atoms with Crippen LogP contribution in [-0.2, 0) is 16.0 Å². The summed E-state index contributed by atoms with van der Waals surface area (Å²) in [5.74, 6) is 0. The summed E-state index contributed by atoms with van der Waals surface area (Å²) >= 11 is 0. The third-order valence-electron chi connectivity index (χ3n) is 5.31. The fourth-order valence-corrected chi connectivity index (χ4v) is 3.87. The quantitative estimate of drug-likeness (QED) is 0.908. The summed E-state index contributed by atoms with van der Waals surface area (Å²) in [5.41, 5.74) is 1.65. The lowest BCUT2D eigenvalue weighted by molar-refractivity contribution is -0.140. The van der Waals surface area contributed by atoms with E-state index in [1.165, 1.54) is 0 Å². The highest BCUT2D eigenvalue weighted by atomic mass is 16.5.